The van der Waals surface area contributed by atoms with Crippen LogP contribution in [0.25, 0.3) is 0 Å². The van der Waals surface area contributed by atoms with Crippen molar-refractivity contribution in [1.82, 2.24) is 0 Å². The van der Waals surface area contributed by atoms with Crippen molar-refractivity contribution in [3.63, 3.8) is 0 Å². The maximum Gasteiger partial charge on any atom is 0.333 e. The largest absolute Gasteiger partial charge is 0.497 e. The van der Waals surface area contributed by atoms with Crippen LogP contribution in [0.1, 0.15) is 5.56 Å². The first kappa shape index (κ1) is 15.8. The van der Waals surface area contributed by atoms with Crippen LogP contribution in [0.15, 0.2) is 53.4 Å². The van der Waals surface area contributed by atoms with Crippen LogP contribution in [0.5, 0.6) is 5.75 Å². The first-order valence-corrected chi connectivity index (χ1v) is 7.86. The van der Waals surface area contributed by atoms with Crippen LogP contribution in [0.3, 0.4) is 0 Å². The summed E-state index contributed by atoms with van der Waals surface area (Å²) in [4.78, 5) is 11.7. The van der Waals surface area contributed by atoms with Gasteiger partial charge in [0.1, 0.15) is 5.75 Å². The molecule has 0 atom stereocenters. The first-order chi connectivity index (χ1) is 10.4. The van der Waals surface area contributed by atoms with Crippen molar-refractivity contribution in [1.29, 1.82) is 0 Å². The number of rotatable bonds is 4. The number of anilines is 1. The Morgan fingerprint density at radius 1 is 1.05 bits per heavy atom. The molecule has 0 radical (unpaired) electrons. The molecule has 0 saturated carbocycles. The molecule has 2 aromatic carbocycles. The summed E-state index contributed by atoms with van der Waals surface area (Å²) in [7, 11) is -2.58. The second-order valence-corrected chi connectivity index (χ2v) is 6.41. The molecule has 0 aromatic heterocycles. The molecule has 2 N–H and O–H groups in total. The fraction of sp³-hybridized carbons (Fsp3) is 0.133. The van der Waals surface area contributed by atoms with Gasteiger partial charge in [-0.2, -0.15) is 4.31 Å². The zero-order valence-corrected chi connectivity index (χ0v) is 13.0. The van der Waals surface area contributed by atoms with Crippen LogP contribution in [0.2, 0.25) is 0 Å². The van der Waals surface area contributed by atoms with E-state index >= 15 is 0 Å². The molecule has 0 aliphatic carbocycles. The lowest BCUT2D eigenvalue weighted by Gasteiger charge is -2.20. The van der Waals surface area contributed by atoms with Crippen LogP contribution in [0.4, 0.5) is 10.5 Å². The van der Waals surface area contributed by atoms with E-state index in [0.29, 0.717) is 10.1 Å². The minimum atomic E-state index is -4.07. The van der Waals surface area contributed by atoms with Crippen LogP contribution in [-0.4, -0.2) is 21.6 Å². The molecule has 0 aliphatic heterocycles. The van der Waals surface area contributed by atoms with Crippen molar-refractivity contribution in [2.24, 2.45) is 5.73 Å². The van der Waals surface area contributed by atoms with Gasteiger partial charge in [0.05, 0.1) is 17.7 Å². The van der Waals surface area contributed by atoms with Crippen LogP contribution >= 0.6 is 0 Å². The summed E-state index contributed by atoms with van der Waals surface area (Å²) in [5, 5.41) is 0. The third-order valence-electron chi connectivity index (χ3n) is 3.07. The highest BCUT2D eigenvalue weighted by molar-refractivity contribution is 7.93. The molecule has 0 saturated heterocycles. The predicted molar refractivity (Wildman–Crippen MR) is 83.4 cm³/mol. The Morgan fingerprint density at radius 3 is 2.05 bits per heavy atom. The Kier molecular flexibility index (Phi) is 4.37. The normalized spacial score (nSPS) is 11.0. The third kappa shape index (κ3) is 3.04. The second kappa shape index (κ2) is 6.07. The summed E-state index contributed by atoms with van der Waals surface area (Å²) < 4.78 is 30.8. The molecule has 2 amide bonds. The smallest absolute Gasteiger partial charge is 0.333 e. The molecule has 0 fully saturated rings. The van der Waals surface area contributed by atoms with Gasteiger partial charge in [-0.25, -0.2) is 13.2 Å². The number of urea groups is 1. The van der Waals surface area contributed by atoms with E-state index < -0.39 is 16.1 Å². The van der Waals surface area contributed by atoms with Crippen LogP contribution < -0.4 is 14.8 Å². The number of amides is 2. The number of methoxy groups -OCH3 is 1. The SMILES string of the molecule is COc1ccc(N(C(N)=O)S(=O)(=O)c2ccc(C)cc2)cc1. The lowest BCUT2D eigenvalue weighted by molar-refractivity contribution is 0.257. The van der Waals surface area contributed by atoms with Crippen LogP contribution in [0, 0.1) is 6.92 Å². The summed E-state index contributed by atoms with van der Waals surface area (Å²) in [6, 6.07) is 11.1. The zero-order valence-electron chi connectivity index (χ0n) is 12.2. The Morgan fingerprint density at radius 2 is 1.59 bits per heavy atom. The number of ether oxygens (including phenoxy) is 1. The first-order valence-electron chi connectivity index (χ1n) is 6.42. The van der Waals surface area contributed by atoms with E-state index in [4.69, 9.17) is 10.5 Å². The minimum absolute atomic E-state index is 0.00674. The van der Waals surface area contributed by atoms with E-state index in [1.165, 1.54) is 31.4 Å². The van der Waals surface area contributed by atoms with E-state index in [1.807, 2.05) is 6.92 Å². The van der Waals surface area contributed by atoms with Gasteiger partial charge >= 0.3 is 6.03 Å². The molecule has 116 valence electrons. The number of nitrogens with zero attached hydrogens (tertiary/aromatic N) is 1. The van der Waals surface area contributed by atoms with Gasteiger partial charge in [0.15, 0.2) is 0 Å². The van der Waals surface area contributed by atoms with Crippen molar-refractivity contribution in [3.05, 3.63) is 54.1 Å². The lowest BCUT2D eigenvalue weighted by Crippen LogP contribution is -2.40. The average Bonchev–Trinajstić information content (AvgIpc) is 2.48. The molecule has 2 aromatic rings. The fourth-order valence-electron chi connectivity index (χ4n) is 1.92. The molecule has 2 rings (SSSR count). The molecule has 7 heteroatoms. The number of aryl methyl sites for hydroxylation is 1. The second-order valence-electron chi connectivity index (χ2n) is 4.62. The summed E-state index contributed by atoms with van der Waals surface area (Å²) in [6.07, 6.45) is 0. The number of sulfonamides is 1. The molecule has 0 unspecified atom stereocenters. The van der Waals surface area contributed by atoms with Gasteiger partial charge in [-0.3, -0.25) is 0 Å². The van der Waals surface area contributed by atoms with Gasteiger partial charge in [0, 0.05) is 0 Å². The Bertz CT molecular complexity index is 768. The maximum atomic E-state index is 12.6. The predicted octanol–water partition coefficient (Wildman–Crippen LogP) is 2.28. The molecular formula is C15H16N2O4S. The molecule has 0 aliphatic rings. The van der Waals surface area contributed by atoms with Crippen molar-refractivity contribution in [2.75, 3.05) is 11.4 Å². The molecular weight excluding hydrogens is 304 g/mol. The Hall–Kier alpha value is -2.54. The monoisotopic (exact) mass is 320 g/mol. The quantitative estimate of drug-likeness (QED) is 0.935. The van der Waals surface area contributed by atoms with E-state index in [2.05, 4.69) is 0 Å². The number of hydrogen-bond acceptors (Lipinski definition) is 4. The summed E-state index contributed by atoms with van der Waals surface area (Å²) >= 11 is 0. The average molecular weight is 320 g/mol. The zero-order chi connectivity index (χ0) is 16.3. The van der Waals surface area contributed by atoms with E-state index in [0.717, 1.165) is 5.56 Å². The number of carbonyl (C=O) groups is 1. The van der Waals surface area contributed by atoms with E-state index in [1.54, 1.807) is 24.3 Å². The number of hydrogen-bond donors (Lipinski definition) is 1. The number of carbonyl (C=O) groups excluding carboxylic acids is 1. The van der Waals surface area contributed by atoms with Crippen molar-refractivity contribution in [2.45, 2.75) is 11.8 Å². The highest BCUT2D eigenvalue weighted by Gasteiger charge is 2.29. The number of benzene rings is 2. The minimum Gasteiger partial charge on any atom is -0.497 e. The number of nitrogens with two attached hydrogens (primary N) is 1. The van der Waals surface area contributed by atoms with E-state index in [-0.39, 0.29) is 10.6 Å². The van der Waals surface area contributed by atoms with Gasteiger partial charge in [0.2, 0.25) is 0 Å². The van der Waals surface area contributed by atoms with Crippen molar-refractivity contribution in [3.8, 4) is 5.75 Å². The van der Waals surface area contributed by atoms with Crippen LogP contribution in [-0.2, 0) is 10.0 Å². The summed E-state index contributed by atoms with van der Waals surface area (Å²) in [5.41, 5.74) is 6.33. The van der Waals surface area contributed by atoms with Crippen molar-refractivity contribution >= 4 is 21.7 Å². The molecule has 0 spiro atoms. The Labute approximate surface area is 129 Å². The van der Waals surface area contributed by atoms with Gasteiger partial charge in [-0.05, 0) is 43.3 Å². The highest BCUT2D eigenvalue weighted by Crippen LogP contribution is 2.25. The summed E-state index contributed by atoms with van der Waals surface area (Å²) in [6.45, 7) is 1.84. The van der Waals surface area contributed by atoms with Gasteiger partial charge in [-0.1, -0.05) is 17.7 Å². The standard InChI is InChI=1S/C15H16N2O4S/c1-11-3-9-14(10-4-11)22(19,20)17(15(16)18)12-5-7-13(21-2)8-6-12/h3-10H,1-2H3,(H2,16,18). The summed E-state index contributed by atoms with van der Waals surface area (Å²) in [5.74, 6) is 0.543. The molecule has 6 nitrogen and oxygen atoms in total. The van der Waals surface area contributed by atoms with Gasteiger partial charge < -0.3 is 10.5 Å². The van der Waals surface area contributed by atoms with Gasteiger partial charge in [-0.15, -0.1) is 0 Å². The van der Waals surface area contributed by atoms with Gasteiger partial charge in [0.25, 0.3) is 10.0 Å². The molecule has 0 bridgehead atoms. The van der Waals surface area contributed by atoms with E-state index in [9.17, 15) is 13.2 Å². The lowest BCUT2D eigenvalue weighted by atomic mass is 10.2. The molecule has 22 heavy (non-hydrogen) atoms. The topological polar surface area (TPSA) is 89.7 Å². The highest BCUT2D eigenvalue weighted by atomic mass is 32.2. The number of primary amides is 1. The fourth-order valence-corrected chi connectivity index (χ4v) is 3.24. The molecule has 0 heterocycles. The Balaban J connectivity index is 2.50. The third-order valence-corrected chi connectivity index (χ3v) is 4.81. The maximum absolute atomic E-state index is 12.6. The van der Waals surface area contributed by atoms with Crippen molar-refractivity contribution < 1.29 is 17.9 Å².